The van der Waals surface area contributed by atoms with Crippen LogP contribution in [0.3, 0.4) is 0 Å². The molecule has 1 saturated heterocycles. The zero-order valence-electron chi connectivity index (χ0n) is 15.9. The van der Waals surface area contributed by atoms with Gasteiger partial charge in [0.2, 0.25) is 5.91 Å². The van der Waals surface area contributed by atoms with Gasteiger partial charge in [-0.1, -0.05) is 0 Å². The van der Waals surface area contributed by atoms with Crippen LogP contribution in [0.15, 0.2) is 35.0 Å². The lowest BCUT2D eigenvalue weighted by Gasteiger charge is -2.17. The minimum absolute atomic E-state index is 0. The number of nitrogens with one attached hydrogen (secondary N) is 2. The first-order chi connectivity index (χ1) is 12.5. The highest BCUT2D eigenvalue weighted by atomic mass is 35.5. The average molecular weight is 427 g/mol. The predicted octanol–water partition coefficient (Wildman–Crippen LogP) is 2.41. The molecule has 0 aliphatic carbocycles. The molecule has 2 N–H and O–H groups in total. The highest BCUT2D eigenvalue weighted by molar-refractivity contribution is 5.95. The van der Waals surface area contributed by atoms with E-state index in [1.54, 1.807) is 9.58 Å². The Labute approximate surface area is 175 Å². The Balaban J connectivity index is 0.00000140. The Morgan fingerprint density at radius 2 is 2.11 bits per heavy atom. The van der Waals surface area contributed by atoms with E-state index < -0.39 is 0 Å². The highest BCUT2D eigenvalue weighted by Crippen LogP contribution is 2.29. The number of nitrogens with zero attached hydrogens (tertiary/aromatic N) is 4. The lowest BCUT2D eigenvalue weighted by Crippen LogP contribution is -2.28. The van der Waals surface area contributed by atoms with Crippen molar-refractivity contribution in [2.75, 3.05) is 37.4 Å². The number of oxazole rings is 1. The van der Waals surface area contributed by atoms with Gasteiger partial charge in [-0.2, -0.15) is 10.1 Å². The predicted molar refractivity (Wildman–Crippen MR) is 114 cm³/mol. The smallest absolute Gasteiger partial charge is 0.297 e. The van der Waals surface area contributed by atoms with E-state index in [0.29, 0.717) is 18.1 Å². The molecule has 4 rings (SSSR count). The Kier molecular flexibility index (Phi) is 6.92. The van der Waals surface area contributed by atoms with Crippen LogP contribution in [0.2, 0.25) is 0 Å². The molecule has 0 bridgehead atoms. The van der Waals surface area contributed by atoms with Crippen molar-refractivity contribution in [2.24, 2.45) is 13.0 Å². The van der Waals surface area contributed by atoms with Crippen LogP contribution in [0.5, 0.6) is 0 Å². The maximum Gasteiger partial charge on any atom is 0.297 e. The summed E-state index contributed by atoms with van der Waals surface area (Å²) in [7, 11) is 5.63. The molecule has 3 aromatic rings. The van der Waals surface area contributed by atoms with E-state index >= 15 is 0 Å². The first kappa shape index (κ1) is 22.0. The summed E-state index contributed by atoms with van der Waals surface area (Å²) in [6.07, 6.45) is 3.81. The second kappa shape index (κ2) is 8.81. The summed E-state index contributed by atoms with van der Waals surface area (Å²) in [6.45, 7) is 1.43. The number of hydrogen-bond acceptors (Lipinski definition) is 6. The van der Waals surface area contributed by atoms with Crippen LogP contribution in [0.4, 0.5) is 11.7 Å². The van der Waals surface area contributed by atoms with E-state index in [1.165, 1.54) is 0 Å². The summed E-state index contributed by atoms with van der Waals surface area (Å²) >= 11 is 0. The number of carbonyl (C=O) groups is 1. The van der Waals surface area contributed by atoms with Gasteiger partial charge < -0.3 is 20.0 Å². The molecular weight excluding hydrogens is 403 g/mol. The SMILES string of the molecule is CN(C)c1nc2cc(NC(=O)[C@H]3CNC[C@@H]3c3cnn(C)c3)ccc2o1.Cl.Cl. The number of anilines is 2. The van der Waals surface area contributed by atoms with Crippen LogP contribution in [0.1, 0.15) is 11.5 Å². The lowest BCUT2D eigenvalue weighted by molar-refractivity contribution is -0.119. The molecule has 2 atom stereocenters. The number of hydrogen-bond donors (Lipinski definition) is 2. The van der Waals surface area contributed by atoms with Crippen molar-refractivity contribution >= 4 is 53.5 Å². The molecule has 1 fully saturated rings. The van der Waals surface area contributed by atoms with Gasteiger partial charge in [0.25, 0.3) is 6.01 Å². The Morgan fingerprint density at radius 3 is 2.79 bits per heavy atom. The van der Waals surface area contributed by atoms with Gasteiger partial charge in [0.15, 0.2) is 5.58 Å². The minimum atomic E-state index is -0.135. The Morgan fingerprint density at radius 1 is 1.32 bits per heavy atom. The molecule has 2 aromatic heterocycles. The van der Waals surface area contributed by atoms with Crippen molar-refractivity contribution < 1.29 is 9.21 Å². The van der Waals surface area contributed by atoms with E-state index in [0.717, 1.165) is 23.3 Å². The Hall–Kier alpha value is -2.29. The quantitative estimate of drug-likeness (QED) is 0.665. The molecule has 0 radical (unpaired) electrons. The number of amides is 1. The third kappa shape index (κ3) is 4.24. The van der Waals surface area contributed by atoms with Gasteiger partial charge in [0, 0.05) is 52.0 Å². The number of fused-ring (bicyclic) bond motifs is 1. The van der Waals surface area contributed by atoms with Gasteiger partial charge in [-0.25, -0.2) is 0 Å². The van der Waals surface area contributed by atoms with Crippen LogP contribution in [-0.4, -0.2) is 47.9 Å². The zero-order valence-corrected chi connectivity index (χ0v) is 17.5. The molecule has 0 saturated carbocycles. The van der Waals surface area contributed by atoms with Crippen LogP contribution in [0.25, 0.3) is 11.1 Å². The fraction of sp³-hybridized carbons (Fsp3) is 0.389. The van der Waals surface area contributed by atoms with E-state index in [9.17, 15) is 4.79 Å². The van der Waals surface area contributed by atoms with Gasteiger partial charge in [-0.3, -0.25) is 9.48 Å². The van der Waals surface area contributed by atoms with Crippen LogP contribution in [-0.2, 0) is 11.8 Å². The van der Waals surface area contributed by atoms with Crippen LogP contribution < -0.4 is 15.5 Å². The van der Waals surface area contributed by atoms with Crippen molar-refractivity contribution in [2.45, 2.75) is 5.92 Å². The molecular formula is C18H24Cl2N6O2. The molecule has 1 aromatic carbocycles. The van der Waals surface area contributed by atoms with Gasteiger partial charge in [-0.15, -0.1) is 24.8 Å². The summed E-state index contributed by atoms with van der Waals surface area (Å²) in [5.41, 5.74) is 3.22. The largest absolute Gasteiger partial charge is 0.423 e. The molecule has 1 amide bonds. The number of halogens is 2. The molecule has 28 heavy (non-hydrogen) atoms. The van der Waals surface area contributed by atoms with Crippen molar-refractivity contribution in [3.8, 4) is 0 Å². The topological polar surface area (TPSA) is 88.2 Å². The molecule has 0 unspecified atom stereocenters. The number of carbonyl (C=O) groups excluding carboxylic acids is 1. The lowest BCUT2D eigenvalue weighted by atomic mass is 9.90. The normalized spacial score (nSPS) is 18.4. The summed E-state index contributed by atoms with van der Waals surface area (Å²) in [6, 6.07) is 6.05. The van der Waals surface area contributed by atoms with Crippen LogP contribution >= 0.6 is 24.8 Å². The van der Waals surface area contributed by atoms with Crippen molar-refractivity contribution in [3.63, 3.8) is 0 Å². The fourth-order valence-electron chi connectivity index (χ4n) is 3.36. The maximum atomic E-state index is 12.8. The number of rotatable bonds is 4. The third-order valence-electron chi connectivity index (χ3n) is 4.73. The third-order valence-corrected chi connectivity index (χ3v) is 4.73. The summed E-state index contributed by atoms with van der Waals surface area (Å²) in [5, 5.41) is 10.6. The van der Waals surface area contributed by atoms with Crippen molar-refractivity contribution in [1.29, 1.82) is 0 Å². The molecule has 0 spiro atoms. The van der Waals surface area contributed by atoms with Gasteiger partial charge in [0.05, 0.1) is 12.1 Å². The van der Waals surface area contributed by atoms with E-state index in [4.69, 9.17) is 4.42 Å². The van der Waals surface area contributed by atoms with Gasteiger partial charge in [0.1, 0.15) is 5.52 Å². The number of aromatic nitrogens is 3. The van der Waals surface area contributed by atoms with Gasteiger partial charge >= 0.3 is 0 Å². The second-order valence-electron chi connectivity index (χ2n) is 6.88. The summed E-state index contributed by atoms with van der Waals surface area (Å²) < 4.78 is 7.42. The summed E-state index contributed by atoms with van der Waals surface area (Å²) in [4.78, 5) is 19.1. The molecule has 8 nitrogen and oxygen atoms in total. The number of aryl methyl sites for hydroxylation is 1. The van der Waals surface area contributed by atoms with Crippen molar-refractivity contribution in [1.82, 2.24) is 20.1 Å². The second-order valence-corrected chi connectivity index (χ2v) is 6.88. The van der Waals surface area contributed by atoms with E-state index in [2.05, 4.69) is 20.7 Å². The average Bonchev–Trinajstić information content (AvgIpc) is 3.32. The first-order valence-electron chi connectivity index (χ1n) is 8.59. The highest BCUT2D eigenvalue weighted by Gasteiger charge is 2.34. The van der Waals surface area contributed by atoms with Gasteiger partial charge in [-0.05, 0) is 23.8 Å². The van der Waals surface area contributed by atoms with E-state index in [-0.39, 0.29) is 42.6 Å². The van der Waals surface area contributed by atoms with Crippen LogP contribution in [0, 0.1) is 5.92 Å². The number of benzene rings is 1. The molecule has 152 valence electrons. The minimum Gasteiger partial charge on any atom is -0.423 e. The monoisotopic (exact) mass is 426 g/mol. The fourth-order valence-corrected chi connectivity index (χ4v) is 3.36. The maximum absolute atomic E-state index is 12.8. The van der Waals surface area contributed by atoms with E-state index in [1.807, 2.05) is 51.7 Å². The first-order valence-corrected chi connectivity index (χ1v) is 8.59. The summed E-state index contributed by atoms with van der Waals surface area (Å²) in [5.74, 6) is -0.0103. The molecule has 1 aliphatic rings. The molecule has 1 aliphatic heterocycles. The van der Waals surface area contributed by atoms with Crippen molar-refractivity contribution in [3.05, 3.63) is 36.2 Å². The zero-order chi connectivity index (χ0) is 18.3. The molecule has 10 heteroatoms. The molecule has 3 heterocycles. The Bertz CT molecular complexity index is 955. The standard InChI is InChI=1S/C18H22N6O2.2ClH/c1-23(2)18-22-15-6-12(4-5-16(15)26-18)21-17(25)14-9-19-8-13(14)11-7-20-24(3)10-11;;/h4-7,10,13-14,19H,8-9H2,1-3H3,(H,21,25);2*1H/t13-,14+;;/m1../s1.